The van der Waals surface area contributed by atoms with Gasteiger partial charge in [-0.2, -0.15) is 9.36 Å². The summed E-state index contributed by atoms with van der Waals surface area (Å²) in [6.07, 6.45) is -0.395. The molecule has 250 valence electrons. The van der Waals surface area contributed by atoms with Gasteiger partial charge in [0.15, 0.2) is 11.2 Å². The van der Waals surface area contributed by atoms with E-state index in [0.717, 1.165) is 22.7 Å². The first kappa shape index (κ1) is 34.3. The van der Waals surface area contributed by atoms with Gasteiger partial charge in [0, 0.05) is 17.3 Å². The van der Waals surface area contributed by atoms with Crippen LogP contribution in [0.15, 0.2) is 89.7 Å². The molecule has 0 bridgehead atoms. The number of rotatable bonds is 11. The summed E-state index contributed by atoms with van der Waals surface area (Å²) in [4.78, 5) is 64.1. The number of benzene rings is 2. The highest BCUT2D eigenvalue weighted by molar-refractivity contribution is 8.00. The third-order valence-corrected chi connectivity index (χ3v) is 8.91. The molecule has 3 N–H and O–H groups in total. The number of allylic oxidation sites excluding steroid dienone is 1. The number of nitrogen functional groups attached to an aromatic ring is 1. The van der Waals surface area contributed by atoms with Crippen molar-refractivity contribution in [2.75, 3.05) is 11.5 Å². The van der Waals surface area contributed by atoms with Crippen LogP contribution >= 0.6 is 23.3 Å². The Morgan fingerprint density at radius 1 is 1.10 bits per heavy atom. The van der Waals surface area contributed by atoms with Crippen LogP contribution in [-0.4, -0.2) is 72.6 Å². The van der Waals surface area contributed by atoms with Crippen molar-refractivity contribution < 1.29 is 33.5 Å². The van der Waals surface area contributed by atoms with Crippen LogP contribution < -0.4 is 11.1 Å². The van der Waals surface area contributed by atoms with Crippen molar-refractivity contribution in [1.29, 1.82) is 0 Å². The molecule has 0 aliphatic carbocycles. The van der Waals surface area contributed by atoms with Crippen LogP contribution in [0.1, 0.15) is 50.8 Å². The van der Waals surface area contributed by atoms with E-state index < -0.39 is 58.7 Å². The molecule has 3 atom stereocenters. The second-order valence-corrected chi connectivity index (χ2v) is 13.6. The van der Waals surface area contributed by atoms with Crippen LogP contribution in [-0.2, 0) is 33.5 Å². The highest BCUT2D eigenvalue weighted by atomic mass is 32.2. The molecule has 3 aromatic rings. The fraction of sp³-hybridized carbons (Fsp3) is 0.303. The fourth-order valence-electron chi connectivity index (χ4n) is 4.82. The number of carbonyl (C=O) groups excluding carboxylic acids is 4. The molecule has 5 rings (SSSR count). The molecule has 13 nitrogen and oxygen atoms in total. The lowest BCUT2D eigenvalue weighted by atomic mass is 10.0. The third kappa shape index (κ3) is 7.58. The van der Waals surface area contributed by atoms with Gasteiger partial charge in [-0.25, -0.2) is 9.59 Å². The summed E-state index contributed by atoms with van der Waals surface area (Å²) in [5, 5.41) is 5.93. The van der Waals surface area contributed by atoms with Crippen molar-refractivity contribution >= 4 is 57.9 Å². The lowest BCUT2D eigenvalue weighted by molar-refractivity contribution is -0.167. The van der Waals surface area contributed by atoms with E-state index in [9.17, 15) is 19.2 Å². The SMILES string of the molecule is C=CC1=C(C(=O)OC(c2ccccc2)c2ccccc2)N2C(=O)C(NC(=O)/C(=N\OC(C)C(=O)OC(C)(C)C)c3nsc(N)n3)[C@H]2SC1. The van der Waals surface area contributed by atoms with Gasteiger partial charge in [-0.1, -0.05) is 78.5 Å². The number of ether oxygens (including phenoxy) is 2. The Balaban J connectivity index is 1.35. The molecule has 2 aliphatic heterocycles. The van der Waals surface area contributed by atoms with Gasteiger partial charge < -0.3 is 25.4 Å². The maximum absolute atomic E-state index is 13.9. The highest BCUT2D eigenvalue weighted by Gasteiger charge is 2.54. The van der Waals surface area contributed by atoms with Gasteiger partial charge in [-0.15, -0.1) is 11.8 Å². The minimum atomic E-state index is -1.18. The molecule has 0 spiro atoms. The molecular formula is C33H34N6O7S2. The van der Waals surface area contributed by atoms with Gasteiger partial charge in [0.1, 0.15) is 22.7 Å². The number of hydrogen-bond donors (Lipinski definition) is 2. The predicted octanol–water partition coefficient (Wildman–Crippen LogP) is 3.74. The molecule has 0 saturated carbocycles. The van der Waals surface area contributed by atoms with Crippen molar-refractivity contribution in [2.45, 2.75) is 56.9 Å². The van der Waals surface area contributed by atoms with Crippen LogP contribution in [0.4, 0.5) is 5.13 Å². The normalized spacial score (nSPS) is 18.4. The molecule has 1 saturated heterocycles. The van der Waals surface area contributed by atoms with Crippen LogP contribution in [0.3, 0.4) is 0 Å². The smallest absolute Gasteiger partial charge is 0.356 e. The number of nitrogens with one attached hydrogen (secondary N) is 1. The molecule has 0 radical (unpaired) electrons. The molecule has 3 heterocycles. The molecule has 1 fully saturated rings. The number of β-lactam (4-membered cyclic amide) rings is 1. The van der Waals surface area contributed by atoms with E-state index >= 15 is 0 Å². The van der Waals surface area contributed by atoms with E-state index in [1.165, 1.54) is 29.7 Å². The Morgan fingerprint density at radius 2 is 1.73 bits per heavy atom. The Morgan fingerprint density at radius 3 is 2.27 bits per heavy atom. The first-order valence-electron chi connectivity index (χ1n) is 14.9. The van der Waals surface area contributed by atoms with Gasteiger partial charge in [0.05, 0.1) is 0 Å². The second kappa shape index (κ2) is 14.4. The number of aromatic nitrogens is 2. The average Bonchev–Trinajstić information content (AvgIpc) is 3.50. The zero-order valence-electron chi connectivity index (χ0n) is 26.6. The van der Waals surface area contributed by atoms with E-state index in [1.807, 2.05) is 60.7 Å². The van der Waals surface area contributed by atoms with Crippen LogP contribution in [0.5, 0.6) is 0 Å². The lowest BCUT2D eigenvalue weighted by Crippen LogP contribution is -2.71. The van der Waals surface area contributed by atoms with E-state index in [4.69, 9.17) is 20.0 Å². The van der Waals surface area contributed by atoms with E-state index in [1.54, 1.807) is 20.8 Å². The summed E-state index contributed by atoms with van der Waals surface area (Å²) in [5.41, 5.74) is 6.65. The second-order valence-electron chi connectivity index (χ2n) is 11.7. The van der Waals surface area contributed by atoms with Gasteiger partial charge in [-0.3, -0.25) is 14.5 Å². The Kier molecular flexibility index (Phi) is 10.3. The first-order valence-corrected chi connectivity index (χ1v) is 16.7. The monoisotopic (exact) mass is 690 g/mol. The van der Waals surface area contributed by atoms with Crippen molar-refractivity contribution in [3.63, 3.8) is 0 Å². The van der Waals surface area contributed by atoms with Gasteiger partial charge in [-0.05, 0) is 44.4 Å². The summed E-state index contributed by atoms with van der Waals surface area (Å²) in [5.74, 6) is -2.63. The molecule has 2 aromatic carbocycles. The zero-order chi connectivity index (χ0) is 34.6. The number of nitrogens with two attached hydrogens (primary N) is 1. The average molecular weight is 691 g/mol. The molecule has 2 unspecified atom stereocenters. The maximum Gasteiger partial charge on any atom is 0.356 e. The Bertz CT molecular complexity index is 1730. The largest absolute Gasteiger partial charge is 0.457 e. The standard InChI is InChI=1S/C33H34N6O7S2/c1-6-19-17-47-29-23(35-27(40)22(26-36-32(34)48-38-26)37-46-18(2)30(42)45-33(3,4)5)28(41)39(29)24(19)31(43)44-25(20-13-9-7-10-14-20)21-15-11-8-12-16-21/h6-16,18,23,25,29H,1,17H2,2-5H3,(H,35,40)(H2,34,36,38)/b37-22-/t18?,23?,29-/m1/s1. The number of nitrogens with zero attached hydrogens (tertiary/aromatic N) is 4. The summed E-state index contributed by atoms with van der Waals surface area (Å²) >= 11 is 2.17. The molecule has 2 amide bonds. The number of hydrogen-bond acceptors (Lipinski definition) is 13. The van der Waals surface area contributed by atoms with E-state index in [0.29, 0.717) is 11.3 Å². The first-order chi connectivity index (χ1) is 22.9. The molecule has 2 aliphatic rings. The maximum atomic E-state index is 13.9. The van der Waals surface area contributed by atoms with Crippen molar-refractivity contribution in [1.82, 2.24) is 19.6 Å². The topological polar surface area (TPSA) is 175 Å². The number of oxime groups is 1. The van der Waals surface area contributed by atoms with Gasteiger partial charge >= 0.3 is 11.9 Å². The highest BCUT2D eigenvalue weighted by Crippen LogP contribution is 2.42. The fourth-order valence-corrected chi connectivity index (χ4v) is 6.59. The number of carbonyl (C=O) groups is 4. The number of amides is 2. The van der Waals surface area contributed by atoms with Crippen LogP contribution in [0, 0.1) is 0 Å². The molecule has 15 heteroatoms. The number of anilines is 1. The number of fused-ring (bicyclic) bond motifs is 1. The zero-order valence-corrected chi connectivity index (χ0v) is 28.2. The predicted molar refractivity (Wildman–Crippen MR) is 180 cm³/mol. The summed E-state index contributed by atoms with van der Waals surface area (Å²) in [7, 11) is 0. The summed E-state index contributed by atoms with van der Waals surface area (Å²) < 4.78 is 15.4. The molecule has 1 aromatic heterocycles. The van der Waals surface area contributed by atoms with Crippen molar-refractivity contribution in [3.8, 4) is 0 Å². The Labute approximate surface area is 285 Å². The van der Waals surface area contributed by atoms with Crippen molar-refractivity contribution in [3.05, 3.63) is 102 Å². The minimum Gasteiger partial charge on any atom is -0.457 e. The number of esters is 2. The Hall–Kier alpha value is -5.02. The third-order valence-electron chi connectivity index (χ3n) is 7.06. The number of thioether (sulfide) groups is 1. The quantitative estimate of drug-likeness (QED) is 0.130. The summed E-state index contributed by atoms with van der Waals surface area (Å²) in [6, 6.07) is 17.5. The lowest BCUT2D eigenvalue weighted by Gasteiger charge is -2.49. The van der Waals surface area contributed by atoms with Crippen molar-refractivity contribution in [2.24, 2.45) is 5.16 Å². The van der Waals surface area contributed by atoms with Crippen LogP contribution in [0.2, 0.25) is 0 Å². The summed E-state index contributed by atoms with van der Waals surface area (Å²) in [6.45, 7) is 10.4. The minimum absolute atomic E-state index is 0.0541. The molecule has 48 heavy (non-hydrogen) atoms. The van der Waals surface area contributed by atoms with Gasteiger partial charge in [0.25, 0.3) is 11.8 Å². The molecular weight excluding hydrogens is 657 g/mol. The van der Waals surface area contributed by atoms with Gasteiger partial charge in [0.2, 0.25) is 17.6 Å². The van der Waals surface area contributed by atoms with E-state index in [-0.39, 0.29) is 16.7 Å². The van der Waals surface area contributed by atoms with Crippen LogP contribution in [0.25, 0.3) is 0 Å². The van der Waals surface area contributed by atoms with E-state index in [2.05, 4.69) is 26.4 Å².